The van der Waals surface area contributed by atoms with Crippen molar-refractivity contribution in [1.29, 1.82) is 0 Å². The predicted octanol–water partition coefficient (Wildman–Crippen LogP) is 2.37. The van der Waals surface area contributed by atoms with E-state index in [9.17, 15) is 4.79 Å². The van der Waals surface area contributed by atoms with E-state index in [1.807, 2.05) is 37.3 Å². The quantitative estimate of drug-likeness (QED) is 0.890. The highest BCUT2D eigenvalue weighted by atomic mass is 16.5. The molecule has 0 saturated carbocycles. The molecule has 110 valence electrons. The Morgan fingerprint density at radius 3 is 3.00 bits per heavy atom. The number of hydrogen-bond acceptors (Lipinski definition) is 3. The van der Waals surface area contributed by atoms with Crippen molar-refractivity contribution >= 4 is 11.8 Å². The van der Waals surface area contributed by atoms with E-state index in [-0.39, 0.29) is 12.1 Å². The van der Waals surface area contributed by atoms with Crippen molar-refractivity contribution in [3.8, 4) is 5.75 Å². The zero-order valence-corrected chi connectivity index (χ0v) is 12.1. The Morgan fingerprint density at radius 2 is 2.24 bits per heavy atom. The summed E-state index contributed by atoms with van der Waals surface area (Å²) in [6.45, 7) is 2.49. The summed E-state index contributed by atoms with van der Waals surface area (Å²) in [4.78, 5) is 12.1. The maximum absolute atomic E-state index is 12.1. The zero-order chi connectivity index (χ0) is 14.8. The number of fused-ring (bicyclic) bond motifs is 1. The van der Waals surface area contributed by atoms with Crippen molar-refractivity contribution in [3.05, 3.63) is 41.6 Å². The van der Waals surface area contributed by atoms with Crippen LogP contribution in [0.25, 0.3) is 0 Å². The summed E-state index contributed by atoms with van der Waals surface area (Å²) in [5.41, 5.74) is 1.88. The Kier molecular flexibility index (Phi) is 3.51. The van der Waals surface area contributed by atoms with Crippen LogP contribution in [0.3, 0.4) is 0 Å². The second kappa shape index (κ2) is 5.47. The first kappa shape index (κ1) is 13.5. The average molecular weight is 286 g/mol. The first-order valence-corrected chi connectivity index (χ1v) is 6.93. The van der Waals surface area contributed by atoms with Crippen molar-refractivity contribution in [3.63, 3.8) is 0 Å². The van der Waals surface area contributed by atoms with Gasteiger partial charge in [0, 0.05) is 25.1 Å². The fourth-order valence-corrected chi connectivity index (χ4v) is 2.53. The minimum atomic E-state index is -0.236. The van der Waals surface area contributed by atoms with Crippen molar-refractivity contribution in [2.45, 2.75) is 19.4 Å². The van der Waals surface area contributed by atoms with Gasteiger partial charge < -0.3 is 10.1 Å². The minimum Gasteiger partial charge on any atom is -0.493 e. The lowest BCUT2D eigenvalue weighted by molar-refractivity contribution is 0.232. The van der Waals surface area contributed by atoms with Crippen LogP contribution in [0, 0.1) is 6.92 Å². The number of aromatic nitrogens is 2. The van der Waals surface area contributed by atoms with Gasteiger partial charge in [-0.3, -0.25) is 10.00 Å². The zero-order valence-electron chi connectivity index (χ0n) is 12.1. The van der Waals surface area contributed by atoms with Crippen LogP contribution in [0.1, 0.15) is 23.7 Å². The first-order chi connectivity index (χ1) is 10.1. The molecule has 2 aromatic rings. The number of aryl methyl sites for hydroxylation is 2. The number of ether oxygens (including phenoxy) is 1. The monoisotopic (exact) mass is 286 g/mol. The number of anilines is 1. The molecule has 21 heavy (non-hydrogen) atoms. The maximum Gasteiger partial charge on any atom is 0.320 e. The molecule has 1 aliphatic heterocycles. The third-order valence-corrected chi connectivity index (χ3v) is 3.51. The molecule has 0 saturated heterocycles. The van der Waals surface area contributed by atoms with Crippen LogP contribution in [0.4, 0.5) is 10.6 Å². The van der Waals surface area contributed by atoms with Crippen molar-refractivity contribution in [2.24, 2.45) is 7.05 Å². The van der Waals surface area contributed by atoms with Gasteiger partial charge in [0.2, 0.25) is 0 Å². The Morgan fingerprint density at radius 1 is 1.43 bits per heavy atom. The van der Waals surface area contributed by atoms with E-state index in [1.54, 1.807) is 11.7 Å². The highest BCUT2D eigenvalue weighted by Crippen LogP contribution is 2.31. The molecule has 2 N–H and O–H groups in total. The first-order valence-electron chi connectivity index (χ1n) is 6.93. The summed E-state index contributed by atoms with van der Waals surface area (Å²) in [6.07, 6.45) is 0.759. The number of amides is 2. The van der Waals surface area contributed by atoms with Gasteiger partial charge in [-0.1, -0.05) is 18.2 Å². The Bertz CT molecular complexity index is 665. The molecule has 0 bridgehead atoms. The van der Waals surface area contributed by atoms with Gasteiger partial charge in [-0.2, -0.15) is 5.10 Å². The maximum atomic E-state index is 12.1. The summed E-state index contributed by atoms with van der Waals surface area (Å²) in [5, 5.41) is 10.0. The topological polar surface area (TPSA) is 68.2 Å². The van der Waals surface area contributed by atoms with E-state index in [0.717, 1.165) is 23.4 Å². The number of carbonyl (C=O) groups excluding carboxylic acids is 1. The number of para-hydroxylation sites is 1. The second-order valence-electron chi connectivity index (χ2n) is 5.12. The van der Waals surface area contributed by atoms with Gasteiger partial charge in [0.15, 0.2) is 0 Å². The van der Waals surface area contributed by atoms with Gasteiger partial charge in [-0.05, 0) is 13.0 Å². The van der Waals surface area contributed by atoms with Gasteiger partial charge >= 0.3 is 6.03 Å². The Hall–Kier alpha value is -2.50. The van der Waals surface area contributed by atoms with E-state index < -0.39 is 0 Å². The lowest BCUT2D eigenvalue weighted by Gasteiger charge is -2.26. The van der Waals surface area contributed by atoms with Gasteiger partial charge in [-0.25, -0.2) is 4.79 Å². The molecule has 6 heteroatoms. The van der Waals surface area contributed by atoms with Crippen LogP contribution < -0.4 is 15.4 Å². The molecule has 0 spiro atoms. The summed E-state index contributed by atoms with van der Waals surface area (Å²) in [7, 11) is 1.80. The molecule has 1 aliphatic rings. The highest BCUT2D eigenvalue weighted by molar-refractivity contribution is 5.88. The molecule has 2 heterocycles. The van der Waals surface area contributed by atoms with Gasteiger partial charge in [-0.15, -0.1) is 0 Å². The normalized spacial score (nSPS) is 16.8. The smallest absolute Gasteiger partial charge is 0.320 e. The molecule has 2 amide bonds. The SMILES string of the molecule is Cc1cc(NC(=O)N[C@H]2CCOc3ccccc32)n(C)n1. The van der Waals surface area contributed by atoms with E-state index in [2.05, 4.69) is 15.7 Å². The van der Waals surface area contributed by atoms with Crippen LogP contribution in [0.15, 0.2) is 30.3 Å². The molecular formula is C15H18N4O2. The Balaban J connectivity index is 1.70. The molecule has 6 nitrogen and oxygen atoms in total. The Labute approximate surface area is 123 Å². The van der Waals surface area contributed by atoms with Crippen molar-refractivity contribution in [1.82, 2.24) is 15.1 Å². The summed E-state index contributed by atoms with van der Waals surface area (Å²) in [6, 6.07) is 9.34. The molecule has 1 aromatic heterocycles. The molecule has 0 radical (unpaired) electrons. The highest BCUT2D eigenvalue weighted by Gasteiger charge is 2.22. The number of urea groups is 1. The fourth-order valence-electron chi connectivity index (χ4n) is 2.53. The largest absolute Gasteiger partial charge is 0.493 e. The van der Waals surface area contributed by atoms with Gasteiger partial charge in [0.05, 0.1) is 18.3 Å². The summed E-state index contributed by atoms with van der Waals surface area (Å²) < 4.78 is 7.24. The van der Waals surface area contributed by atoms with Crippen LogP contribution in [-0.2, 0) is 7.05 Å². The van der Waals surface area contributed by atoms with E-state index in [1.165, 1.54) is 0 Å². The van der Waals surface area contributed by atoms with Crippen molar-refractivity contribution in [2.75, 3.05) is 11.9 Å². The number of nitrogens with zero attached hydrogens (tertiary/aromatic N) is 2. The lowest BCUT2D eigenvalue weighted by Crippen LogP contribution is -2.35. The van der Waals surface area contributed by atoms with Crippen LogP contribution in [0.5, 0.6) is 5.75 Å². The molecule has 3 rings (SSSR count). The summed E-state index contributed by atoms with van der Waals surface area (Å²) >= 11 is 0. The number of carbonyl (C=O) groups is 1. The second-order valence-corrected chi connectivity index (χ2v) is 5.12. The van der Waals surface area contributed by atoms with Crippen LogP contribution in [-0.4, -0.2) is 22.4 Å². The average Bonchev–Trinajstić information content (AvgIpc) is 2.77. The van der Waals surface area contributed by atoms with E-state index in [4.69, 9.17) is 4.74 Å². The third-order valence-electron chi connectivity index (χ3n) is 3.51. The summed E-state index contributed by atoms with van der Waals surface area (Å²) in [5.74, 6) is 1.51. The van der Waals surface area contributed by atoms with Crippen molar-refractivity contribution < 1.29 is 9.53 Å². The molecule has 1 aromatic carbocycles. The predicted molar refractivity (Wildman–Crippen MR) is 79.4 cm³/mol. The number of benzene rings is 1. The van der Waals surface area contributed by atoms with Crippen LogP contribution >= 0.6 is 0 Å². The third kappa shape index (κ3) is 2.84. The lowest BCUT2D eigenvalue weighted by atomic mass is 10.0. The molecule has 0 fully saturated rings. The van der Waals surface area contributed by atoms with Gasteiger partial charge in [0.1, 0.15) is 11.6 Å². The standard InChI is InChI=1S/C15H18N4O2/c1-10-9-14(19(2)18-10)17-15(20)16-12-7-8-21-13-6-4-3-5-11(12)13/h3-6,9,12H,7-8H2,1-2H3,(H2,16,17,20)/t12-/m0/s1. The fraction of sp³-hybridized carbons (Fsp3) is 0.333. The van der Waals surface area contributed by atoms with Gasteiger partial charge in [0.25, 0.3) is 0 Å². The van der Waals surface area contributed by atoms with E-state index in [0.29, 0.717) is 12.4 Å². The molecular weight excluding hydrogens is 268 g/mol. The molecule has 0 unspecified atom stereocenters. The molecule has 0 aliphatic carbocycles. The number of hydrogen-bond donors (Lipinski definition) is 2. The van der Waals surface area contributed by atoms with Crippen LogP contribution in [0.2, 0.25) is 0 Å². The van der Waals surface area contributed by atoms with E-state index >= 15 is 0 Å². The number of nitrogens with one attached hydrogen (secondary N) is 2. The minimum absolute atomic E-state index is 0.0377. The molecule has 1 atom stereocenters. The number of rotatable bonds is 2.